The van der Waals surface area contributed by atoms with Gasteiger partial charge in [0.05, 0.1) is 12.7 Å². The molecule has 3 amide bonds. The number of hydrogen-bond donors (Lipinski definition) is 8. The smallest absolute Gasteiger partial charge is 0.326 e. The van der Waals surface area contributed by atoms with Crippen molar-refractivity contribution < 1.29 is 34.5 Å². The van der Waals surface area contributed by atoms with Gasteiger partial charge in [-0.1, -0.05) is 30.3 Å². The molecule has 0 radical (unpaired) electrons. The SMILES string of the molecule is CC(O)C(NC(=O)C(N)CO)C(=O)NC(CCCCN)C(=O)NC(Cc1ccccc1)C(=O)O. The fourth-order valence-corrected chi connectivity index (χ4v) is 3.09. The second-order valence-corrected chi connectivity index (χ2v) is 7.95. The summed E-state index contributed by atoms with van der Waals surface area (Å²) in [5.74, 6) is -3.69. The Balaban J connectivity index is 2.97. The van der Waals surface area contributed by atoms with E-state index in [1.165, 1.54) is 6.92 Å². The summed E-state index contributed by atoms with van der Waals surface area (Å²) in [6, 6.07) is 3.62. The Morgan fingerprint density at radius 2 is 1.56 bits per heavy atom. The number of hydrogen-bond acceptors (Lipinski definition) is 8. The number of rotatable bonds is 15. The van der Waals surface area contributed by atoms with Crippen LogP contribution in [0.5, 0.6) is 0 Å². The Bertz CT molecular complexity index is 806. The van der Waals surface area contributed by atoms with Gasteiger partial charge in [0, 0.05) is 6.42 Å². The van der Waals surface area contributed by atoms with Crippen molar-refractivity contribution in [2.24, 2.45) is 11.5 Å². The molecule has 0 aliphatic rings. The first-order chi connectivity index (χ1) is 16.1. The number of aliphatic hydroxyl groups excluding tert-OH is 2. The molecule has 0 fully saturated rings. The van der Waals surface area contributed by atoms with Gasteiger partial charge in [0.2, 0.25) is 17.7 Å². The molecule has 12 heteroatoms. The van der Waals surface area contributed by atoms with E-state index in [1.807, 2.05) is 0 Å². The van der Waals surface area contributed by atoms with Gasteiger partial charge < -0.3 is 42.7 Å². The van der Waals surface area contributed by atoms with Crippen LogP contribution in [0, 0.1) is 0 Å². The van der Waals surface area contributed by atoms with Crippen LogP contribution in [0.2, 0.25) is 0 Å². The zero-order valence-corrected chi connectivity index (χ0v) is 19.1. The van der Waals surface area contributed by atoms with E-state index in [2.05, 4.69) is 16.0 Å². The number of aliphatic hydroxyl groups is 2. The molecule has 0 aromatic heterocycles. The maximum atomic E-state index is 12.9. The number of amides is 3. The lowest BCUT2D eigenvalue weighted by molar-refractivity contribution is -0.142. The summed E-state index contributed by atoms with van der Waals surface area (Å²) in [6.45, 7) is 0.959. The van der Waals surface area contributed by atoms with Crippen LogP contribution in [0.3, 0.4) is 0 Å². The summed E-state index contributed by atoms with van der Waals surface area (Å²) in [7, 11) is 0. The monoisotopic (exact) mass is 481 g/mol. The molecule has 190 valence electrons. The minimum Gasteiger partial charge on any atom is -0.480 e. The Morgan fingerprint density at radius 3 is 2.09 bits per heavy atom. The number of carboxylic acid groups (broad SMARTS) is 1. The number of carbonyl (C=O) groups is 4. The van der Waals surface area contributed by atoms with Crippen molar-refractivity contribution in [2.75, 3.05) is 13.2 Å². The van der Waals surface area contributed by atoms with Crippen LogP contribution < -0.4 is 27.4 Å². The standard InChI is InChI=1S/C22H35N5O7/c1-13(29)18(27-19(30)15(24)12-28)21(32)25-16(9-5-6-10-23)20(31)26-17(22(33)34)11-14-7-3-2-4-8-14/h2-4,7-8,13,15-18,28-29H,5-6,9-12,23-24H2,1H3,(H,25,32)(H,26,31)(H,27,30)(H,33,34). The Labute approximate surface area is 198 Å². The zero-order valence-electron chi connectivity index (χ0n) is 19.1. The number of aliphatic carboxylic acids is 1. The average Bonchev–Trinajstić information content (AvgIpc) is 2.80. The van der Waals surface area contributed by atoms with Crippen LogP contribution in [0.4, 0.5) is 0 Å². The van der Waals surface area contributed by atoms with Gasteiger partial charge >= 0.3 is 5.97 Å². The van der Waals surface area contributed by atoms with Gasteiger partial charge in [0.1, 0.15) is 24.2 Å². The molecule has 0 aliphatic carbocycles. The third-order valence-electron chi connectivity index (χ3n) is 5.07. The maximum Gasteiger partial charge on any atom is 0.326 e. The van der Waals surface area contributed by atoms with Crippen molar-refractivity contribution in [3.8, 4) is 0 Å². The number of carbonyl (C=O) groups excluding carboxylic acids is 3. The van der Waals surface area contributed by atoms with E-state index < -0.39 is 60.6 Å². The summed E-state index contributed by atoms with van der Waals surface area (Å²) in [5.41, 5.74) is 11.6. The van der Waals surface area contributed by atoms with E-state index >= 15 is 0 Å². The highest BCUT2D eigenvalue weighted by atomic mass is 16.4. The Kier molecular flexibility index (Phi) is 12.7. The number of nitrogens with two attached hydrogens (primary N) is 2. The number of unbranched alkanes of at least 4 members (excludes halogenated alkanes) is 1. The molecule has 5 atom stereocenters. The van der Waals surface area contributed by atoms with Crippen molar-refractivity contribution in [1.82, 2.24) is 16.0 Å². The Morgan fingerprint density at radius 1 is 0.941 bits per heavy atom. The van der Waals surface area contributed by atoms with Crippen LogP contribution >= 0.6 is 0 Å². The van der Waals surface area contributed by atoms with Gasteiger partial charge in [-0.2, -0.15) is 0 Å². The molecule has 34 heavy (non-hydrogen) atoms. The first-order valence-electron chi connectivity index (χ1n) is 11.0. The molecule has 1 aromatic carbocycles. The molecule has 0 aliphatic heterocycles. The molecule has 0 heterocycles. The largest absolute Gasteiger partial charge is 0.480 e. The van der Waals surface area contributed by atoms with E-state index in [9.17, 15) is 29.4 Å². The average molecular weight is 482 g/mol. The summed E-state index contributed by atoms with van der Waals surface area (Å²) in [6.07, 6.45) is -0.118. The highest BCUT2D eigenvalue weighted by molar-refractivity contribution is 5.94. The second-order valence-electron chi connectivity index (χ2n) is 7.95. The molecule has 1 rings (SSSR count). The quantitative estimate of drug-likeness (QED) is 0.125. The molecule has 0 bridgehead atoms. The van der Waals surface area contributed by atoms with Gasteiger partial charge in [0.15, 0.2) is 0 Å². The van der Waals surface area contributed by atoms with Crippen molar-refractivity contribution in [3.05, 3.63) is 35.9 Å². The van der Waals surface area contributed by atoms with Crippen molar-refractivity contribution in [2.45, 2.75) is 62.9 Å². The highest BCUT2D eigenvalue weighted by Gasteiger charge is 2.32. The van der Waals surface area contributed by atoms with E-state index in [4.69, 9.17) is 16.6 Å². The molecule has 0 saturated heterocycles. The molecule has 12 nitrogen and oxygen atoms in total. The van der Waals surface area contributed by atoms with Crippen molar-refractivity contribution in [3.63, 3.8) is 0 Å². The van der Waals surface area contributed by atoms with Gasteiger partial charge in [0.25, 0.3) is 0 Å². The lowest BCUT2D eigenvalue weighted by Crippen LogP contribution is -2.60. The molecule has 0 saturated carbocycles. The third kappa shape index (κ3) is 9.83. The summed E-state index contributed by atoms with van der Waals surface area (Å²) >= 11 is 0. The van der Waals surface area contributed by atoms with Crippen LogP contribution in [0.1, 0.15) is 31.7 Å². The maximum absolute atomic E-state index is 12.9. The minimum atomic E-state index is -1.45. The van der Waals surface area contributed by atoms with E-state index in [0.717, 1.165) is 0 Å². The lowest BCUT2D eigenvalue weighted by Gasteiger charge is -2.26. The minimum absolute atomic E-state index is 0.0385. The third-order valence-corrected chi connectivity index (χ3v) is 5.07. The summed E-state index contributed by atoms with van der Waals surface area (Å²) in [5, 5.41) is 35.7. The van der Waals surface area contributed by atoms with Gasteiger partial charge in [-0.25, -0.2) is 4.79 Å². The van der Waals surface area contributed by atoms with Crippen LogP contribution in [-0.2, 0) is 25.6 Å². The van der Waals surface area contributed by atoms with E-state index in [0.29, 0.717) is 24.9 Å². The fraction of sp³-hybridized carbons (Fsp3) is 0.545. The number of carboxylic acids is 1. The molecule has 10 N–H and O–H groups in total. The number of nitrogens with one attached hydrogen (secondary N) is 3. The molecular weight excluding hydrogens is 446 g/mol. The fourth-order valence-electron chi connectivity index (χ4n) is 3.09. The summed E-state index contributed by atoms with van der Waals surface area (Å²) in [4.78, 5) is 49.4. The van der Waals surface area contributed by atoms with E-state index in [-0.39, 0.29) is 12.8 Å². The predicted octanol–water partition coefficient (Wildman–Crippen LogP) is -2.40. The molecular formula is C22H35N5O7. The van der Waals surface area contributed by atoms with Gasteiger partial charge in [-0.3, -0.25) is 14.4 Å². The number of benzene rings is 1. The van der Waals surface area contributed by atoms with E-state index in [1.54, 1.807) is 30.3 Å². The lowest BCUT2D eigenvalue weighted by atomic mass is 10.0. The second kappa shape index (κ2) is 15.0. The van der Waals surface area contributed by atoms with Gasteiger partial charge in [-0.05, 0) is 38.3 Å². The Hall–Kier alpha value is -3.06. The normalized spacial score (nSPS) is 15.3. The molecule has 0 spiro atoms. The van der Waals surface area contributed by atoms with Crippen LogP contribution in [-0.4, -0.2) is 82.4 Å². The van der Waals surface area contributed by atoms with Crippen LogP contribution in [0.15, 0.2) is 30.3 Å². The predicted molar refractivity (Wildman–Crippen MR) is 123 cm³/mol. The van der Waals surface area contributed by atoms with Crippen molar-refractivity contribution in [1.29, 1.82) is 0 Å². The first kappa shape index (κ1) is 29.0. The molecule has 1 aromatic rings. The van der Waals surface area contributed by atoms with Crippen molar-refractivity contribution >= 4 is 23.7 Å². The summed E-state index contributed by atoms with van der Waals surface area (Å²) < 4.78 is 0. The topological polar surface area (TPSA) is 217 Å². The molecule has 5 unspecified atom stereocenters. The first-order valence-corrected chi connectivity index (χ1v) is 11.0. The zero-order chi connectivity index (χ0) is 25.7. The van der Waals surface area contributed by atoms with Crippen LogP contribution in [0.25, 0.3) is 0 Å². The highest BCUT2D eigenvalue weighted by Crippen LogP contribution is 2.07. The van der Waals surface area contributed by atoms with Gasteiger partial charge in [-0.15, -0.1) is 0 Å².